The summed E-state index contributed by atoms with van der Waals surface area (Å²) in [6, 6.07) is 5.58. The van der Waals surface area contributed by atoms with E-state index in [0.717, 1.165) is 63.4 Å². The van der Waals surface area contributed by atoms with E-state index in [2.05, 4.69) is 20.8 Å². The molecule has 4 heteroatoms. The molecule has 182 valence electrons. The van der Waals surface area contributed by atoms with Crippen LogP contribution in [0.15, 0.2) is 18.2 Å². The lowest BCUT2D eigenvalue weighted by atomic mass is 10.1. The minimum absolute atomic E-state index is 0.238. The molecule has 0 aliphatic carbocycles. The van der Waals surface area contributed by atoms with Crippen molar-refractivity contribution in [1.82, 2.24) is 0 Å². The molecule has 0 saturated carbocycles. The Morgan fingerprint density at radius 3 is 1.69 bits per heavy atom. The summed E-state index contributed by atoms with van der Waals surface area (Å²) in [6.07, 6.45) is 17.1. The molecule has 1 aromatic carbocycles. The van der Waals surface area contributed by atoms with Crippen LogP contribution in [0.1, 0.15) is 129 Å². The minimum atomic E-state index is -0.249. The molecular weight excluding hydrogens is 400 g/mol. The number of carbonyl (C=O) groups is 2. The van der Waals surface area contributed by atoms with Crippen molar-refractivity contribution in [3.63, 3.8) is 0 Å². The second-order valence-corrected chi connectivity index (χ2v) is 8.83. The zero-order valence-corrected chi connectivity index (χ0v) is 20.9. The highest BCUT2D eigenvalue weighted by atomic mass is 16.6. The van der Waals surface area contributed by atoms with Crippen LogP contribution < -0.4 is 9.47 Å². The molecule has 0 N–H and O–H groups in total. The van der Waals surface area contributed by atoms with Gasteiger partial charge in [-0.15, -0.1) is 0 Å². The average Bonchev–Trinajstić information content (AvgIpc) is 2.78. The van der Waals surface area contributed by atoms with Crippen molar-refractivity contribution in [3.8, 4) is 11.5 Å². The Hall–Kier alpha value is -1.84. The number of unbranched alkanes of at least 4 members (excludes halogenated alkanes) is 11. The molecule has 0 fully saturated rings. The van der Waals surface area contributed by atoms with Gasteiger partial charge in [0.15, 0.2) is 11.5 Å². The molecule has 0 atom stereocenters. The molecule has 32 heavy (non-hydrogen) atoms. The van der Waals surface area contributed by atoms with Gasteiger partial charge in [-0.3, -0.25) is 9.59 Å². The summed E-state index contributed by atoms with van der Waals surface area (Å²) >= 11 is 0. The second kappa shape index (κ2) is 18.7. The Balaban J connectivity index is 2.63. The van der Waals surface area contributed by atoms with Crippen molar-refractivity contribution in [2.75, 3.05) is 0 Å². The normalized spacial score (nSPS) is 10.8. The highest BCUT2D eigenvalue weighted by Gasteiger charge is 2.17. The molecule has 0 aliphatic rings. The monoisotopic (exact) mass is 446 g/mol. The van der Waals surface area contributed by atoms with E-state index in [-0.39, 0.29) is 11.9 Å². The smallest absolute Gasteiger partial charge is 0.311 e. The summed E-state index contributed by atoms with van der Waals surface area (Å²) in [7, 11) is 0. The third-order valence-electron chi connectivity index (χ3n) is 5.77. The Morgan fingerprint density at radius 1 is 0.625 bits per heavy atom. The summed E-state index contributed by atoms with van der Waals surface area (Å²) in [6.45, 7) is 6.53. The number of hydrogen-bond donors (Lipinski definition) is 0. The van der Waals surface area contributed by atoms with Crippen molar-refractivity contribution in [1.29, 1.82) is 0 Å². The highest BCUT2D eigenvalue weighted by molar-refractivity contribution is 5.76. The number of ether oxygens (including phenoxy) is 2. The first-order chi connectivity index (χ1) is 15.6. The van der Waals surface area contributed by atoms with E-state index in [1.54, 1.807) is 6.07 Å². The van der Waals surface area contributed by atoms with Gasteiger partial charge >= 0.3 is 11.9 Å². The maximum absolute atomic E-state index is 12.5. The first kappa shape index (κ1) is 28.2. The van der Waals surface area contributed by atoms with Crippen molar-refractivity contribution in [2.24, 2.45) is 0 Å². The Kier molecular flexibility index (Phi) is 16.5. The maximum Gasteiger partial charge on any atom is 0.311 e. The lowest BCUT2D eigenvalue weighted by molar-refractivity contribution is -0.137. The summed E-state index contributed by atoms with van der Waals surface area (Å²) < 4.78 is 11.4. The summed E-state index contributed by atoms with van der Waals surface area (Å²) in [4.78, 5) is 24.9. The zero-order valence-electron chi connectivity index (χ0n) is 20.9. The van der Waals surface area contributed by atoms with Crippen LogP contribution in [0.3, 0.4) is 0 Å². The SMILES string of the molecule is CCCCCCCCC(=O)Oc1cccc(CCCC)c1OC(=O)CCCCCCCC. The number of para-hydroxylation sites is 1. The third-order valence-corrected chi connectivity index (χ3v) is 5.77. The Bertz CT molecular complexity index is 638. The Labute approximate surface area is 196 Å². The van der Waals surface area contributed by atoms with Gasteiger partial charge < -0.3 is 9.47 Å². The van der Waals surface area contributed by atoms with Gasteiger partial charge in [-0.25, -0.2) is 0 Å². The topological polar surface area (TPSA) is 52.6 Å². The van der Waals surface area contributed by atoms with E-state index in [0.29, 0.717) is 24.3 Å². The number of rotatable bonds is 19. The second-order valence-electron chi connectivity index (χ2n) is 8.83. The zero-order chi connectivity index (χ0) is 23.4. The molecule has 0 amide bonds. The largest absolute Gasteiger partial charge is 0.423 e. The number of carbonyl (C=O) groups excluding carboxylic acids is 2. The maximum atomic E-state index is 12.5. The fourth-order valence-corrected chi connectivity index (χ4v) is 3.76. The van der Waals surface area contributed by atoms with E-state index in [9.17, 15) is 9.59 Å². The number of esters is 2. The van der Waals surface area contributed by atoms with Gasteiger partial charge in [0.05, 0.1) is 0 Å². The molecule has 0 spiro atoms. The van der Waals surface area contributed by atoms with Crippen LogP contribution in [0.25, 0.3) is 0 Å². The Morgan fingerprint density at radius 2 is 1.12 bits per heavy atom. The van der Waals surface area contributed by atoms with Gasteiger partial charge in [0.2, 0.25) is 0 Å². The van der Waals surface area contributed by atoms with E-state index >= 15 is 0 Å². The molecule has 0 unspecified atom stereocenters. The van der Waals surface area contributed by atoms with Crippen LogP contribution in [0.5, 0.6) is 11.5 Å². The van der Waals surface area contributed by atoms with Crippen LogP contribution in [0.4, 0.5) is 0 Å². The molecule has 0 saturated heterocycles. The fraction of sp³-hybridized carbons (Fsp3) is 0.714. The molecule has 0 heterocycles. The quantitative estimate of drug-likeness (QED) is 0.122. The fourth-order valence-electron chi connectivity index (χ4n) is 3.76. The summed E-state index contributed by atoms with van der Waals surface area (Å²) in [5.74, 6) is 0.332. The third kappa shape index (κ3) is 12.9. The standard InChI is InChI=1S/C28H46O4/c1-4-7-10-12-14-16-22-26(29)31-25-21-18-20-24(19-9-6-3)28(25)32-27(30)23-17-15-13-11-8-5-2/h18,20-21H,4-17,19,22-23H2,1-3H3. The first-order valence-corrected chi connectivity index (χ1v) is 13.2. The average molecular weight is 447 g/mol. The van der Waals surface area contributed by atoms with Crippen molar-refractivity contribution >= 4 is 11.9 Å². The molecule has 0 aliphatic heterocycles. The number of aryl methyl sites for hydroxylation is 1. The molecule has 0 bridgehead atoms. The molecule has 1 rings (SSSR count). The first-order valence-electron chi connectivity index (χ1n) is 13.2. The van der Waals surface area contributed by atoms with Crippen molar-refractivity contribution < 1.29 is 19.1 Å². The van der Waals surface area contributed by atoms with E-state index in [1.165, 1.54) is 38.5 Å². The summed E-state index contributed by atoms with van der Waals surface area (Å²) in [5, 5.41) is 0. The minimum Gasteiger partial charge on any atom is -0.423 e. The van der Waals surface area contributed by atoms with Gasteiger partial charge in [-0.05, 0) is 37.3 Å². The number of benzene rings is 1. The lowest BCUT2D eigenvalue weighted by Crippen LogP contribution is -2.13. The molecule has 4 nitrogen and oxygen atoms in total. The van der Waals surface area contributed by atoms with Crippen LogP contribution in [-0.4, -0.2) is 11.9 Å². The van der Waals surface area contributed by atoms with Gasteiger partial charge in [0, 0.05) is 12.8 Å². The molecular formula is C28H46O4. The van der Waals surface area contributed by atoms with Crippen LogP contribution in [-0.2, 0) is 16.0 Å². The van der Waals surface area contributed by atoms with Crippen molar-refractivity contribution in [2.45, 2.75) is 130 Å². The molecule has 0 radical (unpaired) electrons. The van der Waals surface area contributed by atoms with Gasteiger partial charge in [0.25, 0.3) is 0 Å². The predicted molar refractivity (Wildman–Crippen MR) is 132 cm³/mol. The van der Waals surface area contributed by atoms with E-state index < -0.39 is 0 Å². The van der Waals surface area contributed by atoms with E-state index in [1.807, 2.05) is 12.1 Å². The highest BCUT2D eigenvalue weighted by Crippen LogP contribution is 2.33. The summed E-state index contributed by atoms with van der Waals surface area (Å²) in [5.41, 5.74) is 0.938. The van der Waals surface area contributed by atoms with Crippen LogP contribution in [0.2, 0.25) is 0 Å². The van der Waals surface area contributed by atoms with Crippen molar-refractivity contribution in [3.05, 3.63) is 23.8 Å². The van der Waals surface area contributed by atoms with Gasteiger partial charge in [0.1, 0.15) is 0 Å². The molecule has 0 aromatic heterocycles. The van der Waals surface area contributed by atoms with E-state index in [4.69, 9.17) is 9.47 Å². The predicted octanol–water partition coefficient (Wildman–Crippen LogP) is 8.34. The lowest BCUT2D eigenvalue weighted by Gasteiger charge is -2.15. The molecule has 1 aromatic rings. The number of hydrogen-bond acceptors (Lipinski definition) is 4. The van der Waals surface area contributed by atoms with Gasteiger partial charge in [-0.2, -0.15) is 0 Å². The van der Waals surface area contributed by atoms with Crippen LogP contribution in [0, 0.1) is 0 Å². The van der Waals surface area contributed by atoms with Crippen LogP contribution >= 0.6 is 0 Å². The van der Waals surface area contributed by atoms with Gasteiger partial charge in [-0.1, -0.05) is 104 Å².